The molecule has 122 valence electrons. The number of carbonyl (C=O) groups is 2. The average Bonchev–Trinajstić information content (AvgIpc) is 2.82. The number of urea groups is 1. The monoisotopic (exact) mass is 298 g/mol. The van der Waals surface area contributed by atoms with Gasteiger partial charge in [-0.3, -0.25) is 4.79 Å². The standard InChI is InChI=1S/C16H30N2O3/c1-11(2)12-6-7-18(10-12)15(21)17-9-13(14(19)20)8-16(3,4)5/h11-13H,6-10H2,1-5H3,(H,17,21)(H,19,20). The number of aliphatic carboxylic acids is 1. The summed E-state index contributed by atoms with van der Waals surface area (Å²) in [6, 6.07) is -0.127. The van der Waals surface area contributed by atoms with E-state index in [0.29, 0.717) is 18.3 Å². The van der Waals surface area contributed by atoms with E-state index in [1.54, 1.807) is 4.90 Å². The molecule has 0 aliphatic carbocycles. The van der Waals surface area contributed by atoms with Crippen molar-refractivity contribution in [1.82, 2.24) is 10.2 Å². The first kappa shape index (κ1) is 17.8. The Hall–Kier alpha value is -1.26. The molecule has 0 spiro atoms. The molecule has 1 saturated heterocycles. The molecule has 1 heterocycles. The lowest BCUT2D eigenvalue weighted by atomic mass is 9.84. The summed E-state index contributed by atoms with van der Waals surface area (Å²) >= 11 is 0. The maximum absolute atomic E-state index is 12.1. The molecule has 5 heteroatoms. The van der Waals surface area contributed by atoms with E-state index in [4.69, 9.17) is 0 Å². The van der Waals surface area contributed by atoms with Crippen LogP contribution in [0.2, 0.25) is 0 Å². The lowest BCUT2D eigenvalue weighted by Gasteiger charge is -2.25. The minimum absolute atomic E-state index is 0.0653. The van der Waals surface area contributed by atoms with Crippen molar-refractivity contribution in [2.75, 3.05) is 19.6 Å². The second-order valence-electron chi connectivity index (χ2n) is 7.72. The van der Waals surface area contributed by atoms with Crippen molar-refractivity contribution in [3.05, 3.63) is 0 Å². The van der Waals surface area contributed by atoms with Gasteiger partial charge < -0.3 is 15.3 Å². The fourth-order valence-electron chi connectivity index (χ4n) is 2.82. The third-order valence-electron chi connectivity index (χ3n) is 4.16. The summed E-state index contributed by atoms with van der Waals surface area (Å²) in [5.74, 6) is -0.236. The first-order valence-electron chi connectivity index (χ1n) is 7.85. The summed E-state index contributed by atoms with van der Waals surface area (Å²) in [6.45, 7) is 12.1. The highest BCUT2D eigenvalue weighted by molar-refractivity contribution is 5.76. The molecule has 0 aromatic rings. The number of hydrogen-bond donors (Lipinski definition) is 2. The molecule has 5 nitrogen and oxygen atoms in total. The van der Waals surface area contributed by atoms with Crippen LogP contribution in [0.4, 0.5) is 4.79 Å². The molecule has 0 radical (unpaired) electrons. The van der Waals surface area contributed by atoms with Gasteiger partial charge in [-0.2, -0.15) is 0 Å². The average molecular weight is 298 g/mol. The van der Waals surface area contributed by atoms with Crippen LogP contribution in [0.3, 0.4) is 0 Å². The van der Waals surface area contributed by atoms with E-state index in [0.717, 1.165) is 19.5 Å². The van der Waals surface area contributed by atoms with E-state index >= 15 is 0 Å². The van der Waals surface area contributed by atoms with E-state index in [1.807, 2.05) is 20.8 Å². The summed E-state index contributed by atoms with van der Waals surface area (Å²) in [4.78, 5) is 25.2. The Kier molecular flexibility index (Phi) is 6.05. The molecule has 2 unspecified atom stereocenters. The highest BCUT2D eigenvalue weighted by Gasteiger charge is 2.29. The molecule has 21 heavy (non-hydrogen) atoms. The van der Waals surface area contributed by atoms with Gasteiger partial charge in [0.1, 0.15) is 0 Å². The Bertz CT molecular complexity index is 374. The van der Waals surface area contributed by atoms with E-state index < -0.39 is 11.9 Å². The van der Waals surface area contributed by atoms with Gasteiger partial charge in [-0.25, -0.2) is 4.79 Å². The first-order valence-corrected chi connectivity index (χ1v) is 7.85. The highest BCUT2D eigenvalue weighted by Crippen LogP contribution is 2.25. The van der Waals surface area contributed by atoms with Crippen molar-refractivity contribution in [2.24, 2.45) is 23.2 Å². The number of hydrogen-bond acceptors (Lipinski definition) is 2. The Labute approximate surface area is 128 Å². The third kappa shape index (κ3) is 5.94. The molecule has 1 aliphatic rings. The molecule has 0 saturated carbocycles. The normalized spacial score (nSPS) is 20.7. The Balaban J connectivity index is 2.46. The van der Waals surface area contributed by atoms with Crippen LogP contribution in [0, 0.1) is 23.2 Å². The second kappa shape index (κ2) is 7.14. The minimum atomic E-state index is -0.841. The number of nitrogens with zero attached hydrogens (tertiary/aromatic N) is 1. The van der Waals surface area contributed by atoms with Crippen LogP contribution in [0.25, 0.3) is 0 Å². The summed E-state index contributed by atoms with van der Waals surface area (Å²) < 4.78 is 0. The SMILES string of the molecule is CC(C)C1CCN(C(=O)NCC(CC(C)(C)C)C(=O)O)C1. The number of carboxylic acid groups (broad SMARTS) is 1. The van der Waals surface area contributed by atoms with Gasteiger partial charge in [0.25, 0.3) is 0 Å². The molecule has 2 atom stereocenters. The van der Waals surface area contributed by atoms with Gasteiger partial charge in [0, 0.05) is 19.6 Å². The lowest BCUT2D eigenvalue weighted by molar-refractivity contribution is -0.142. The second-order valence-corrected chi connectivity index (χ2v) is 7.72. The van der Waals surface area contributed by atoms with Crippen molar-refractivity contribution >= 4 is 12.0 Å². The zero-order valence-electron chi connectivity index (χ0n) is 14.0. The Morgan fingerprint density at radius 1 is 1.33 bits per heavy atom. The molecule has 2 amide bonds. The topological polar surface area (TPSA) is 69.6 Å². The Morgan fingerprint density at radius 3 is 2.38 bits per heavy atom. The predicted molar refractivity (Wildman–Crippen MR) is 83.1 cm³/mol. The summed E-state index contributed by atoms with van der Waals surface area (Å²) in [6.07, 6.45) is 1.59. The minimum Gasteiger partial charge on any atom is -0.481 e. The molecule has 1 rings (SSSR count). The van der Waals surface area contributed by atoms with Gasteiger partial charge in [0.15, 0.2) is 0 Å². The van der Waals surface area contributed by atoms with Gasteiger partial charge >= 0.3 is 12.0 Å². The molecular weight excluding hydrogens is 268 g/mol. The zero-order valence-corrected chi connectivity index (χ0v) is 14.0. The molecular formula is C16H30N2O3. The maximum atomic E-state index is 12.1. The van der Waals surface area contributed by atoms with Crippen molar-refractivity contribution in [3.8, 4) is 0 Å². The number of amides is 2. The number of nitrogens with one attached hydrogen (secondary N) is 1. The number of rotatable bonds is 5. The molecule has 1 fully saturated rings. The number of likely N-dealkylation sites (tertiary alicyclic amines) is 1. The van der Waals surface area contributed by atoms with Gasteiger partial charge in [0.05, 0.1) is 5.92 Å². The van der Waals surface area contributed by atoms with Crippen LogP contribution >= 0.6 is 0 Å². The van der Waals surface area contributed by atoms with Gasteiger partial charge in [-0.05, 0) is 30.1 Å². The smallest absolute Gasteiger partial charge is 0.317 e. The van der Waals surface area contributed by atoms with E-state index in [1.165, 1.54) is 0 Å². The van der Waals surface area contributed by atoms with Gasteiger partial charge in [-0.1, -0.05) is 34.6 Å². The highest BCUT2D eigenvalue weighted by atomic mass is 16.4. The summed E-state index contributed by atoms with van der Waals surface area (Å²) in [5.41, 5.74) is -0.0653. The van der Waals surface area contributed by atoms with Crippen LogP contribution in [-0.4, -0.2) is 41.6 Å². The van der Waals surface area contributed by atoms with E-state index in [2.05, 4.69) is 19.2 Å². The third-order valence-corrected chi connectivity index (χ3v) is 4.16. The van der Waals surface area contributed by atoms with Crippen LogP contribution in [0.1, 0.15) is 47.5 Å². The molecule has 0 aromatic heterocycles. The summed E-state index contributed by atoms with van der Waals surface area (Å²) in [5, 5.41) is 12.1. The molecule has 0 bridgehead atoms. The fourth-order valence-corrected chi connectivity index (χ4v) is 2.82. The molecule has 0 aromatic carbocycles. The fraction of sp³-hybridized carbons (Fsp3) is 0.875. The van der Waals surface area contributed by atoms with Crippen LogP contribution in [0.5, 0.6) is 0 Å². The van der Waals surface area contributed by atoms with Crippen LogP contribution in [0.15, 0.2) is 0 Å². The van der Waals surface area contributed by atoms with Gasteiger partial charge in [-0.15, -0.1) is 0 Å². The van der Waals surface area contributed by atoms with Crippen molar-refractivity contribution in [2.45, 2.75) is 47.5 Å². The maximum Gasteiger partial charge on any atom is 0.317 e. The van der Waals surface area contributed by atoms with E-state index in [9.17, 15) is 14.7 Å². The predicted octanol–water partition coefficient (Wildman–Crippen LogP) is 2.81. The molecule has 2 N–H and O–H groups in total. The Morgan fingerprint density at radius 2 is 1.95 bits per heavy atom. The van der Waals surface area contributed by atoms with Crippen molar-refractivity contribution in [3.63, 3.8) is 0 Å². The molecule has 1 aliphatic heterocycles. The van der Waals surface area contributed by atoms with Crippen molar-refractivity contribution < 1.29 is 14.7 Å². The van der Waals surface area contributed by atoms with Crippen LogP contribution < -0.4 is 5.32 Å². The zero-order chi connectivity index (χ0) is 16.2. The first-order chi connectivity index (χ1) is 9.60. The quantitative estimate of drug-likeness (QED) is 0.820. The lowest BCUT2D eigenvalue weighted by Crippen LogP contribution is -2.42. The van der Waals surface area contributed by atoms with E-state index in [-0.39, 0.29) is 18.0 Å². The number of carboxylic acids is 1. The summed E-state index contributed by atoms with van der Waals surface area (Å²) in [7, 11) is 0. The van der Waals surface area contributed by atoms with Crippen LogP contribution in [-0.2, 0) is 4.79 Å². The van der Waals surface area contributed by atoms with Crippen molar-refractivity contribution in [1.29, 1.82) is 0 Å². The largest absolute Gasteiger partial charge is 0.481 e. The van der Waals surface area contributed by atoms with Gasteiger partial charge in [0.2, 0.25) is 0 Å². The number of carbonyl (C=O) groups excluding carboxylic acids is 1.